The minimum absolute atomic E-state index is 0.0188. The lowest BCUT2D eigenvalue weighted by atomic mass is 9.96. The van der Waals surface area contributed by atoms with Crippen molar-refractivity contribution in [3.05, 3.63) is 42.0 Å². The topological polar surface area (TPSA) is 63.7 Å². The van der Waals surface area contributed by atoms with E-state index < -0.39 is 0 Å². The second kappa shape index (κ2) is 8.29. The number of aryl methyl sites for hydroxylation is 1. The van der Waals surface area contributed by atoms with Crippen LogP contribution in [0.1, 0.15) is 18.4 Å². The number of nitrogens with one attached hydrogen (secondary N) is 1. The van der Waals surface area contributed by atoms with Crippen molar-refractivity contribution in [2.45, 2.75) is 19.8 Å². The number of nitrogens with zero attached hydrogens (tertiary/aromatic N) is 2. The van der Waals surface area contributed by atoms with Crippen LogP contribution in [-0.4, -0.2) is 38.2 Å². The largest absolute Gasteiger partial charge is 0.497 e. The van der Waals surface area contributed by atoms with Crippen molar-refractivity contribution >= 4 is 38.3 Å². The third-order valence-corrected chi connectivity index (χ3v) is 6.41. The Morgan fingerprint density at radius 3 is 2.66 bits per heavy atom. The summed E-state index contributed by atoms with van der Waals surface area (Å²) >= 11 is 1.72. The SMILES string of the molecule is COc1ccc(NC(=O)C2CCN(c3nc4ccc(C)cc4s3)CC2)c(OC)c1. The Bertz CT molecular complexity index is 1030. The molecule has 0 unspecified atom stereocenters. The van der Waals surface area contributed by atoms with E-state index in [1.165, 1.54) is 10.3 Å². The maximum absolute atomic E-state index is 12.8. The van der Waals surface area contributed by atoms with Crippen LogP contribution in [0.2, 0.25) is 0 Å². The van der Waals surface area contributed by atoms with Gasteiger partial charge in [-0.05, 0) is 49.6 Å². The number of hydrogen-bond donors (Lipinski definition) is 1. The first-order valence-electron chi connectivity index (χ1n) is 9.72. The fourth-order valence-electron chi connectivity index (χ4n) is 3.62. The van der Waals surface area contributed by atoms with Crippen LogP contribution >= 0.6 is 11.3 Å². The number of benzene rings is 2. The molecule has 0 aliphatic carbocycles. The number of methoxy groups -OCH3 is 2. The smallest absolute Gasteiger partial charge is 0.227 e. The van der Waals surface area contributed by atoms with Crippen LogP contribution in [0.25, 0.3) is 10.2 Å². The molecule has 4 rings (SSSR count). The van der Waals surface area contributed by atoms with Crippen LogP contribution in [0.3, 0.4) is 0 Å². The molecule has 152 valence electrons. The van der Waals surface area contributed by atoms with Crippen LogP contribution in [0, 0.1) is 12.8 Å². The lowest BCUT2D eigenvalue weighted by Gasteiger charge is -2.31. The minimum atomic E-state index is -0.0188. The molecule has 1 fully saturated rings. The molecule has 1 aliphatic heterocycles. The molecule has 1 N–H and O–H groups in total. The van der Waals surface area contributed by atoms with Gasteiger partial charge in [0.1, 0.15) is 11.5 Å². The average molecular weight is 412 g/mol. The van der Waals surface area contributed by atoms with Crippen LogP contribution in [0.15, 0.2) is 36.4 Å². The highest BCUT2D eigenvalue weighted by Crippen LogP contribution is 2.33. The van der Waals surface area contributed by atoms with E-state index in [0.717, 1.165) is 36.6 Å². The molecule has 2 aromatic carbocycles. The molecule has 7 heteroatoms. The van der Waals surface area contributed by atoms with Crippen molar-refractivity contribution in [3.63, 3.8) is 0 Å². The minimum Gasteiger partial charge on any atom is -0.497 e. The van der Waals surface area contributed by atoms with Gasteiger partial charge >= 0.3 is 0 Å². The van der Waals surface area contributed by atoms with E-state index in [1.807, 2.05) is 12.1 Å². The summed E-state index contributed by atoms with van der Waals surface area (Å²) in [5, 5.41) is 4.06. The van der Waals surface area contributed by atoms with Gasteiger partial charge in [-0.25, -0.2) is 4.98 Å². The lowest BCUT2D eigenvalue weighted by molar-refractivity contribution is -0.120. The van der Waals surface area contributed by atoms with E-state index in [-0.39, 0.29) is 11.8 Å². The number of thiazole rings is 1. The van der Waals surface area contributed by atoms with E-state index in [0.29, 0.717) is 17.2 Å². The predicted molar refractivity (Wildman–Crippen MR) is 117 cm³/mol. The normalized spacial score (nSPS) is 14.8. The molecular weight excluding hydrogens is 386 g/mol. The van der Waals surface area contributed by atoms with Crippen molar-refractivity contribution in [2.75, 3.05) is 37.5 Å². The zero-order valence-corrected chi connectivity index (χ0v) is 17.7. The van der Waals surface area contributed by atoms with Crippen LogP contribution in [0.4, 0.5) is 10.8 Å². The highest BCUT2D eigenvalue weighted by molar-refractivity contribution is 7.22. The van der Waals surface area contributed by atoms with E-state index in [2.05, 4.69) is 35.3 Å². The third kappa shape index (κ3) is 4.15. The van der Waals surface area contributed by atoms with Crippen molar-refractivity contribution in [1.82, 2.24) is 4.98 Å². The number of hydrogen-bond acceptors (Lipinski definition) is 6. The molecule has 29 heavy (non-hydrogen) atoms. The maximum atomic E-state index is 12.8. The van der Waals surface area contributed by atoms with Gasteiger partial charge in [0, 0.05) is 25.1 Å². The Kier molecular flexibility index (Phi) is 5.58. The molecule has 0 bridgehead atoms. The summed E-state index contributed by atoms with van der Waals surface area (Å²) in [6.07, 6.45) is 1.61. The van der Waals surface area contributed by atoms with Gasteiger partial charge in [-0.3, -0.25) is 4.79 Å². The van der Waals surface area contributed by atoms with Crippen molar-refractivity contribution in [1.29, 1.82) is 0 Å². The van der Waals surface area contributed by atoms with Crippen molar-refractivity contribution in [3.8, 4) is 11.5 Å². The van der Waals surface area contributed by atoms with Gasteiger partial charge < -0.3 is 19.7 Å². The van der Waals surface area contributed by atoms with Gasteiger partial charge in [0.2, 0.25) is 5.91 Å². The monoisotopic (exact) mass is 411 g/mol. The Morgan fingerprint density at radius 2 is 1.93 bits per heavy atom. The second-order valence-electron chi connectivity index (χ2n) is 7.28. The number of fused-ring (bicyclic) bond motifs is 1. The third-order valence-electron chi connectivity index (χ3n) is 5.34. The molecule has 0 saturated carbocycles. The number of carbonyl (C=O) groups is 1. The summed E-state index contributed by atoms with van der Waals surface area (Å²) in [6, 6.07) is 11.7. The first-order chi connectivity index (χ1) is 14.1. The molecule has 0 spiro atoms. The fraction of sp³-hybridized carbons (Fsp3) is 0.364. The lowest BCUT2D eigenvalue weighted by Crippen LogP contribution is -2.38. The van der Waals surface area contributed by atoms with Gasteiger partial charge in [-0.1, -0.05) is 17.4 Å². The fourth-order valence-corrected chi connectivity index (χ4v) is 4.74. The summed E-state index contributed by atoms with van der Waals surface area (Å²) in [5.74, 6) is 1.31. The number of rotatable bonds is 5. The van der Waals surface area contributed by atoms with Gasteiger partial charge in [0.05, 0.1) is 30.1 Å². The first kappa shape index (κ1) is 19.5. The summed E-state index contributed by atoms with van der Waals surface area (Å²) in [6.45, 7) is 3.76. The van der Waals surface area contributed by atoms with Crippen LogP contribution < -0.4 is 19.7 Å². The Balaban J connectivity index is 1.39. The van der Waals surface area contributed by atoms with Gasteiger partial charge in [-0.2, -0.15) is 0 Å². The van der Waals surface area contributed by atoms with E-state index in [4.69, 9.17) is 14.5 Å². The molecule has 1 aliphatic rings. The summed E-state index contributed by atoms with van der Waals surface area (Å²) in [7, 11) is 3.19. The average Bonchev–Trinajstić information content (AvgIpc) is 3.17. The molecule has 1 amide bonds. The first-order valence-corrected chi connectivity index (χ1v) is 10.5. The van der Waals surface area contributed by atoms with Crippen molar-refractivity contribution < 1.29 is 14.3 Å². The Morgan fingerprint density at radius 1 is 1.14 bits per heavy atom. The van der Waals surface area contributed by atoms with Crippen molar-refractivity contribution in [2.24, 2.45) is 5.92 Å². The highest BCUT2D eigenvalue weighted by atomic mass is 32.1. The van der Waals surface area contributed by atoms with Gasteiger partial charge in [-0.15, -0.1) is 0 Å². The van der Waals surface area contributed by atoms with E-state index in [1.54, 1.807) is 31.6 Å². The molecule has 1 saturated heterocycles. The number of carbonyl (C=O) groups excluding carboxylic acids is 1. The molecule has 6 nitrogen and oxygen atoms in total. The summed E-state index contributed by atoms with van der Waals surface area (Å²) < 4.78 is 11.8. The quantitative estimate of drug-likeness (QED) is 0.671. The number of aromatic nitrogens is 1. The molecule has 1 aromatic heterocycles. The standard InChI is InChI=1S/C22H25N3O3S/c1-14-4-6-18-20(12-14)29-22(24-18)25-10-8-15(9-11-25)21(26)23-17-7-5-16(27-2)13-19(17)28-3/h4-7,12-13,15H,8-11H2,1-3H3,(H,23,26). The maximum Gasteiger partial charge on any atom is 0.227 e. The van der Waals surface area contributed by atoms with Gasteiger partial charge in [0.25, 0.3) is 0 Å². The van der Waals surface area contributed by atoms with Gasteiger partial charge in [0.15, 0.2) is 5.13 Å². The number of anilines is 2. The van der Waals surface area contributed by atoms with E-state index >= 15 is 0 Å². The second-order valence-corrected chi connectivity index (χ2v) is 8.29. The number of amides is 1. The summed E-state index contributed by atoms with van der Waals surface area (Å²) in [5.41, 5.74) is 2.96. The zero-order valence-electron chi connectivity index (χ0n) is 16.9. The number of piperidine rings is 1. The Hall–Kier alpha value is -2.80. The highest BCUT2D eigenvalue weighted by Gasteiger charge is 2.27. The summed E-state index contributed by atoms with van der Waals surface area (Å²) in [4.78, 5) is 19.8. The zero-order chi connectivity index (χ0) is 20.4. The molecule has 2 heterocycles. The molecule has 3 aromatic rings. The van der Waals surface area contributed by atoms with Crippen LogP contribution in [0.5, 0.6) is 11.5 Å². The molecule has 0 atom stereocenters. The Labute approximate surface area is 174 Å². The van der Waals surface area contributed by atoms with E-state index in [9.17, 15) is 4.79 Å². The number of ether oxygens (including phenoxy) is 2. The molecular formula is C22H25N3O3S. The predicted octanol–water partition coefficient (Wildman–Crippen LogP) is 4.48. The van der Waals surface area contributed by atoms with Crippen LogP contribution in [-0.2, 0) is 4.79 Å². The molecule has 0 radical (unpaired) electrons.